The van der Waals surface area contributed by atoms with E-state index < -0.39 is 139 Å². The summed E-state index contributed by atoms with van der Waals surface area (Å²) in [5.41, 5.74) is 20.8. The zero-order chi connectivity index (χ0) is 63.8. The number of hydrogen-bond acceptors (Lipinski definition) is 15. The fraction of sp³-hybridized carbons (Fsp3) is 0.459. The second kappa shape index (κ2) is 34.0. The number of primary amides is 1. The monoisotopic (exact) mass is 1200 g/mol. The molecule has 24 nitrogen and oxygen atoms in total. The number of amides is 8. The maximum Gasteiger partial charge on any atom is 0.305 e. The number of ether oxygens (including phenoxy) is 1. The molecule has 17 N–H and O–H groups in total. The van der Waals surface area contributed by atoms with Gasteiger partial charge in [0.15, 0.2) is 0 Å². The molecule has 0 aromatic heterocycles. The van der Waals surface area contributed by atoms with Crippen LogP contribution >= 0.6 is 0 Å². The quantitative estimate of drug-likeness (QED) is 0.0271. The van der Waals surface area contributed by atoms with Crippen LogP contribution in [0.25, 0.3) is 11.1 Å². The van der Waals surface area contributed by atoms with Gasteiger partial charge in [-0.05, 0) is 131 Å². The van der Waals surface area contributed by atoms with Crippen molar-refractivity contribution in [3.8, 4) is 16.9 Å². The minimum atomic E-state index is -2.22. The number of aliphatic hydroxyl groups is 3. The lowest BCUT2D eigenvalue weighted by Crippen LogP contribution is -2.67. The maximum atomic E-state index is 15.1. The zero-order valence-electron chi connectivity index (χ0n) is 49.4. The lowest BCUT2D eigenvalue weighted by molar-refractivity contribution is -0.142. The van der Waals surface area contributed by atoms with Gasteiger partial charge in [0.25, 0.3) is 0 Å². The van der Waals surface area contributed by atoms with E-state index in [1.54, 1.807) is 12.1 Å². The Kier molecular flexibility index (Phi) is 27.7. The first-order chi connectivity index (χ1) is 40.7. The Labute approximate surface area is 499 Å². The molecule has 4 aromatic carbocycles. The number of carboxylic acid groups (broad SMARTS) is 1. The molecule has 0 unspecified atom stereocenters. The van der Waals surface area contributed by atoms with Gasteiger partial charge in [0.2, 0.25) is 47.3 Å². The number of nitrogens with two attached hydrogens (primary N) is 3. The second-order valence-corrected chi connectivity index (χ2v) is 21.5. The molecule has 0 heterocycles. The molecular formula is C61H83FN10O14. The maximum absolute atomic E-state index is 15.1. The van der Waals surface area contributed by atoms with E-state index in [0.717, 1.165) is 73.1 Å². The summed E-state index contributed by atoms with van der Waals surface area (Å²) in [6.45, 7) is 8.56. The SMILES string of the molecule is CCc1cc(OCCCCN)ccc1-c1ccc(C[C@H](NC(=O)[C@H](CC(=O)O)NC(=O)[C@H](CO)NC(=O)[C@@H](NC(=O)[C@](C)(Cc2ccccc2F)NC(=O)[C@@H](NC(=O)CN)[C@@H](C)O)[C@@H](C)O)C(=O)N[C@@H](CCCc2cc(C)cc(C)c2)C(N)=O)cc1. The number of carbonyl (C=O) groups excluding carboxylic acids is 8. The normalized spacial score (nSPS) is 14.7. The number of unbranched alkanes of at least 4 members (excludes halogenated alkanes) is 1. The van der Waals surface area contributed by atoms with Crippen molar-refractivity contribution in [2.45, 2.75) is 153 Å². The van der Waals surface area contributed by atoms with Gasteiger partial charge in [0.05, 0.1) is 38.4 Å². The summed E-state index contributed by atoms with van der Waals surface area (Å²) in [6, 6.07) is 13.6. The summed E-state index contributed by atoms with van der Waals surface area (Å²) < 4.78 is 21.0. The minimum absolute atomic E-state index is 0.108. The topological polar surface area (TPSA) is 406 Å². The third kappa shape index (κ3) is 21.6. The molecule has 9 atom stereocenters. The molecular weight excluding hydrogens is 1120 g/mol. The van der Waals surface area contributed by atoms with E-state index in [0.29, 0.717) is 43.7 Å². The van der Waals surface area contributed by atoms with Gasteiger partial charge in [-0.15, -0.1) is 0 Å². The number of halogens is 1. The van der Waals surface area contributed by atoms with Crippen molar-refractivity contribution < 1.29 is 72.7 Å². The van der Waals surface area contributed by atoms with Crippen molar-refractivity contribution in [1.82, 2.24) is 37.2 Å². The molecule has 0 fully saturated rings. The first kappa shape index (κ1) is 70.1. The molecule has 25 heteroatoms. The third-order valence-corrected chi connectivity index (χ3v) is 14.1. The number of hydrogen-bond donors (Lipinski definition) is 14. The summed E-state index contributed by atoms with van der Waals surface area (Å²) >= 11 is 0. The van der Waals surface area contributed by atoms with Crippen molar-refractivity contribution in [2.75, 3.05) is 26.3 Å². The lowest BCUT2D eigenvalue weighted by Gasteiger charge is -2.34. The van der Waals surface area contributed by atoms with Crippen LogP contribution in [0.4, 0.5) is 4.39 Å². The van der Waals surface area contributed by atoms with Crippen molar-refractivity contribution in [1.29, 1.82) is 0 Å². The third-order valence-electron chi connectivity index (χ3n) is 14.1. The minimum Gasteiger partial charge on any atom is -0.494 e. The standard InChI is InChI=1S/C61H83FN10O14/c1-7-40-29-43(86-24-11-10-23-63)21-22-44(40)41-19-17-38(18-20-41)28-47(55(80)66-46(54(65)79)16-12-13-39-26-34(2)25-35(3)27-39)67-56(81)48(30-51(77)78)68-57(82)49(33-73)69-58(83)52(36(4)74)71-60(85)61(6,31-42-14-8-9-15-45(42)62)72-59(84)53(37(5)75)70-50(76)32-64/h8-9,14-15,17-22,25-27,29,36-37,46-49,52-53,73-75H,7,10-13,16,23-24,28,30-33,63-64H2,1-6H3,(H2,65,79)(H,66,80)(H,67,81)(H,68,82)(H,69,83)(H,70,76)(H,71,85)(H,72,84)(H,77,78)/t36-,37-,46+,47+,48+,49+,52+,53+,61+/m1/s1. The Bertz CT molecular complexity index is 2980. The van der Waals surface area contributed by atoms with Crippen LogP contribution in [0.1, 0.15) is 93.2 Å². The van der Waals surface area contributed by atoms with E-state index in [1.807, 2.05) is 69.3 Å². The predicted molar refractivity (Wildman–Crippen MR) is 317 cm³/mol. The second-order valence-electron chi connectivity index (χ2n) is 21.5. The number of benzene rings is 4. The summed E-state index contributed by atoms with van der Waals surface area (Å²) in [5, 5.41) is 58.0. The Hall–Kier alpha value is -8.36. The van der Waals surface area contributed by atoms with E-state index in [4.69, 9.17) is 21.9 Å². The van der Waals surface area contributed by atoms with E-state index in [1.165, 1.54) is 18.2 Å². The largest absolute Gasteiger partial charge is 0.494 e. The number of carboxylic acids is 1. The average Bonchev–Trinajstić information content (AvgIpc) is 3.60. The van der Waals surface area contributed by atoms with Crippen LogP contribution in [0.3, 0.4) is 0 Å². The van der Waals surface area contributed by atoms with Crippen LogP contribution in [0, 0.1) is 19.7 Å². The van der Waals surface area contributed by atoms with Crippen LogP contribution in [0.2, 0.25) is 0 Å². The summed E-state index contributed by atoms with van der Waals surface area (Å²) in [7, 11) is 0. The number of aliphatic carboxylic acids is 1. The Morgan fingerprint density at radius 1 is 0.663 bits per heavy atom. The van der Waals surface area contributed by atoms with E-state index in [-0.39, 0.29) is 18.4 Å². The van der Waals surface area contributed by atoms with E-state index in [9.17, 15) is 63.6 Å². The fourth-order valence-electron chi connectivity index (χ4n) is 9.50. The van der Waals surface area contributed by atoms with E-state index >= 15 is 4.39 Å². The van der Waals surface area contributed by atoms with Crippen LogP contribution in [0.5, 0.6) is 5.75 Å². The smallest absolute Gasteiger partial charge is 0.305 e. The number of aliphatic hydroxyl groups excluding tert-OH is 3. The Morgan fingerprint density at radius 2 is 1.26 bits per heavy atom. The molecule has 468 valence electrons. The van der Waals surface area contributed by atoms with Crippen LogP contribution in [-0.2, 0) is 68.8 Å². The number of carbonyl (C=O) groups is 9. The highest BCUT2D eigenvalue weighted by Crippen LogP contribution is 2.29. The first-order valence-corrected chi connectivity index (χ1v) is 28.4. The molecule has 4 aromatic rings. The van der Waals surface area contributed by atoms with Gasteiger partial charge in [-0.3, -0.25) is 43.2 Å². The van der Waals surface area contributed by atoms with Crippen molar-refractivity contribution in [3.05, 3.63) is 124 Å². The van der Waals surface area contributed by atoms with Gasteiger partial charge in [-0.25, -0.2) is 4.39 Å². The number of rotatable bonds is 35. The van der Waals surface area contributed by atoms with E-state index in [2.05, 4.69) is 37.2 Å². The van der Waals surface area contributed by atoms with Gasteiger partial charge in [0, 0.05) is 12.8 Å². The number of nitrogens with one attached hydrogen (secondary N) is 7. The lowest BCUT2D eigenvalue weighted by atomic mass is 9.90. The molecule has 8 amide bonds. The molecule has 0 saturated carbocycles. The molecule has 0 bridgehead atoms. The van der Waals surface area contributed by atoms with Crippen molar-refractivity contribution >= 4 is 53.2 Å². The highest BCUT2D eigenvalue weighted by Gasteiger charge is 2.42. The van der Waals surface area contributed by atoms with Crippen molar-refractivity contribution in [3.63, 3.8) is 0 Å². The summed E-state index contributed by atoms with van der Waals surface area (Å²) in [4.78, 5) is 122. The molecule has 0 aliphatic heterocycles. The molecule has 4 rings (SSSR count). The molecule has 0 saturated heterocycles. The van der Waals surface area contributed by atoms with Crippen molar-refractivity contribution in [2.24, 2.45) is 17.2 Å². The highest BCUT2D eigenvalue weighted by atomic mass is 19.1. The molecule has 0 aliphatic rings. The van der Waals surface area contributed by atoms with Gasteiger partial charge in [0.1, 0.15) is 53.4 Å². The summed E-state index contributed by atoms with van der Waals surface area (Å²) in [6.07, 6.45) is -1.90. The Balaban J connectivity index is 1.61. The fourth-order valence-corrected chi connectivity index (χ4v) is 9.50. The summed E-state index contributed by atoms with van der Waals surface area (Å²) in [5.74, 6) is -10.5. The molecule has 0 radical (unpaired) electrons. The predicted octanol–water partition coefficient (Wildman–Crippen LogP) is 0.0540. The molecule has 86 heavy (non-hydrogen) atoms. The highest BCUT2D eigenvalue weighted by molar-refractivity contribution is 5.99. The van der Waals surface area contributed by atoms with Gasteiger partial charge in [-0.2, -0.15) is 0 Å². The first-order valence-electron chi connectivity index (χ1n) is 28.4. The van der Waals surface area contributed by atoms with Crippen LogP contribution < -0.4 is 59.2 Å². The molecule has 0 spiro atoms. The van der Waals surface area contributed by atoms with Crippen LogP contribution in [-0.4, -0.2) is 154 Å². The zero-order valence-corrected chi connectivity index (χ0v) is 49.4. The van der Waals surface area contributed by atoms with Gasteiger partial charge < -0.3 is 79.6 Å². The van der Waals surface area contributed by atoms with Gasteiger partial charge in [-0.1, -0.05) is 84.8 Å². The number of aryl methyl sites for hydroxylation is 4. The van der Waals surface area contributed by atoms with Crippen LogP contribution in [0.15, 0.2) is 84.9 Å². The Morgan fingerprint density at radius 3 is 1.84 bits per heavy atom. The molecule has 0 aliphatic carbocycles. The average molecular weight is 1200 g/mol. The van der Waals surface area contributed by atoms with Gasteiger partial charge >= 0.3 is 5.97 Å².